The van der Waals surface area contributed by atoms with Gasteiger partial charge in [0.2, 0.25) is 0 Å². The number of ether oxygens (including phenoxy) is 1. The van der Waals surface area contributed by atoms with Gasteiger partial charge in [-0.25, -0.2) is 0 Å². The summed E-state index contributed by atoms with van der Waals surface area (Å²) in [7, 11) is 0. The molecule has 22 heavy (non-hydrogen) atoms. The summed E-state index contributed by atoms with van der Waals surface area (Å²) < 4.78 is 6.95. The molecule has 1 aromatic carbocycles. The Morgan fingerprint density at radius 3 is 3.00 bits per heavy atom. The summed E-state index contributed by atoms with van der Waals surface area (Å²) in [6.45, 7) is 1.87. The van der Waals surface area contributed by atoms with Gasteiger partial charge in [-0.1, -0.05) is 12.1 Å². The number of aromatic nitrogens is 2. The van der Waals surface area contributed by atoms with Crippen molar-refractivity contribution in [2.45, 2.75) is 12.6 Å². The van der Waals surface area contributed by atoms with Gasteiger partial charge in [0.15, 0.2) is 0 Å². The predicted octanol–water partition coefficient (Wildman–Crippen LogP) is 1.05. The van der Waals surface area contributed by atoms with Crippen molar-refractivity contribution in [3.05, 3.63) is 46.8 Å². The second-order valence-electron chi connectivity index (χ2n) is 5.09. The van der Waals surface area contributed by atoms with Crippen molar-refractivity contribution in [2.75, 3.05) is 24.6 Å². The number of β-amino-alcohol motifs (C(OH)–C–C–N with tert-alkyl or cyclic N) is 1. The standard InChI is InChI=1S/C14H16N4O4/c19-12(10-17-8-11(7-15-17)18(20)21)9-16-5-6-22-14-4-2-1-3-13(14)16/h1-4,7-8,12,19H,5-6,9-10H2. The summed E-state index contributed by atoms with van der Waals surface area (Å²) >= 11 is 0. The van der Waals surface area contributed by atoms with Crippen LogP contribution in [-0.4, -0.2) is 45.6 Å². The van der Waals surface area contributed by atoms with Crippen LogP contribution in [-0.2, 0) is 6.54 Å². The second kappa shape index (κ2) is 6.02. The average molecular weight is 304 g/mol. The molecule has 8 heteroatoms. The Morgan fingerprint density at radius 1 is 1.41 bits per heavy atom. The Morgan fingerprint density at radius 2 is 2.23 bits per heavy atom. The maximum atomic E-state index is 10.6. The first-order chi connectivity index (χ1) is 10.6. The number of hydrogen-bond acceptors (Lipinski definition) is 6. The fourth-order valence-electron chi connectivity index (χ4n) is 2.49. The van der Waals surface area contributed by atoms with Gasteiger partial charge in [-0.2, -0.15) is 5.10 Å². The molecule has 0 spiro atoms. The number of rotatable bonds is 5. The SMILES string of the molecule is O=[N+]([O-])c1cnn(CC(O)CN2CCOc3ccccc32)c1. The van der Waals surface area contributed by atoms with Crippen LogP contribution in [0.25, 0.3) is 0 Å². The molecular formula is C14H16N4O4. The minimum absolute atomic E-state index is 0.0797. The number of anilines is 1. The van der Waals surface area contributed by atoms with Gasteiger partial charge in [0.05, 0.1) is 29.8 Å². The maximum Gasteiger partial charge on any atom is 0.306 e. The van der Waals surface area contributed by atoms with E-state index in [1.807, 2.05) is 29.2 Å². The summed E-state index contributed by atoms with van der Waals surface area (Å²) in [5.74, 6) is 0.802. The van der Waals surface area contributed by atoms with Crippen LogP contribution in [0.15, 0.2) is 36.7 Å². The van der Waals surface area contributed by atoms with Crippen LogP contribution >= 0.6 is 0 Å². The van der Waals surface area contributed by atoms with Crippen molar-refractivity contribution in [1.82, 2.24) is 9.78 Å². The molecule has 1 aromatic heterocycles. The van der Waals surface area contributed by atoms with Crippen molar-refractivity contribution in [3.8, 4) is 5.75 Å². The number of fused-ring (bicyclic) bond motifs is 1. The zero-order valence-corrected chi connectivity index (χ0v) is 11.8. The lowest BCUT2D eigenvalue weighted by Gasteiger charge is -2.32. The number of aliphatic hydroxyl groups excluding tert-OH is 1. The molecule has 2 aromatic rings. The third-order valence-corrected chi connectivity index (χ3v) is 3.48. The number of nitrogens with zero attached hydrogens (tertiary/aromatic N) is 4. The van der Waals surface area contributed by atoms with E-state index < -0.39 is 11.0 Å². The molecule has 0 bridgehead atoms. The van der Waals surface area contributed by atoms with E-state index in [9.17, 15) is 15.2 Å². The summed E-state index contributed by atoms with van der Waals surface area (Å²) in [6, 6.07) is 7.66. The highest BCUT2D eigenvalue weighted by Gasteiger charge is 2.20. The highest BCUT2D eigenvalue weighted by atomic mass is 16.6. The van der Waals surface area contributed by atoms with E-state index in [2.05, 4.69) is 5.10 Å². The highest BCUT2D eigenvalue weighted by molar-refractivity contribution is 5.59. The molecule has 1 aliphatic rings. The minimum atomic E-state index is -0.689. The molecule has 1 atom stereocenters. The normalized spacial score (nSPS) is 15.0. The van der Waals surface area contributed by atoms with Gasteiger partial charge >= 0.3 is 5.69 Å². The average Bonchev–Trinajstić information content (AvgIpc) is 2.96. The molecule has 0 aliphatic carbocycles. The van der Waals surface area contributed by atoms with E-state index in [0.29, 0.717) is 19.7 Å². The second-order valence-corrected chi connectivity index (χ2v) is 5.09. The van der Waals surface area contributed by atoms with E-state index >= 15 is 0 Å². The van der Waals surface area contributed by atoms with Crippen molar-refractivity contribution in [1.29, 1.82) is 0 Å². The highest BCUT2D eigenvalue weighted by Crippen LogP contribution is 2.30. The van der Waals surface area contributed by atoms with Crippen molar-refractivity contribution in [2.24, 2.45) is 0 Å². The van der Waals surface area contributed by atoms with E-state index in [1.54, 1.807) is 0 Å². The Balaban J connectivity index is 1.64. The lowest BCUT2D eigenvalue weighted by Crippen LogP contribution is -2.39. The van der Waals surface area contributed by atoms with Crippen LogP contribution in [0.5, 0.6) is 5.75 Å². The summed E-state index contributed by atoms with van der Waals surface area (Å²) in [6.07, 6.45) is 1.80. The Kier molecular flexibility index (Phi) is 3.92. The molecule has 0 radical (unpaired) electrons. The molecule has 0 fully saturated rings. The molecule has 0 amide bonds. The molecule has 8 nitrogen and oxygen atoms in total. The lowest BCUT2D eigenvalue weighted by atomic mass is 10.2. The molecule has 3 rings (SSSR count). The van der Waals surface area contributed by atoms with Crippen LogP contribution in [0, 0.1) is 10.1 Å². The smallest absolute Gasteiger partial charge is 0.306 e. The topological polar surface area (TPSA) is 93.7 Å². The third-order valence-electron chi connectivity index (χ3n) is 3.48. The monoisotopic (exact) mass is 304 g/mol. The van der Waals surface area contributed by atoms with E-state index in [1.165, 1.54) is 17.1 Å². The van der Waals surface area contributed by atoms with Crippen LogP contribution < -0.4 is 9.64 Å². The van der Waals surface area contributed by atoms with Gasteiger partial charge in [0.1, 0.15) is 24.8 Å². The zero-order chi connectivity index (χ0) is 15.5. The van der Waals surface area contributed by atoms with Crippen LogP contribution in [0.3, 0.4) is 0 Å². The van der Waals surface area contributed by atoms with E-state index in [4.69, 9.17) is 4.74 Å². The number of aliphatic hydroxyl groups is 1. The molecule has 1 unspecified atom stereocenters. The number of para-hydroxylation sites is 2. The molecule has 0 saturated heterocycles. The fraction of sp³-hybridized carbons (Fsp3) is 0.357. The van der Waals surface area contributed by atoms with Gasteiger partial charge in [-0.15, -0.1) is 0 Å². The van der Waals surface area contributed by atoms with Crippen molar-refractivity contribution >= 4 is 11.4 Å². The zero-order valence-electron chi connectivity index (χ0n) is 11.8. The molecule has 1 N–H and O–H groups in total. The van der Waals surface area contributed by atoms with Crippen LogP contribution in [0.4, 0.5) is 11.4 Å². The molecule has 2 heterocycles. The summed E-state index contributed by atoms with van der Waals surface area (Å²) in [5.41, 5.74) is 0.864. The Bertz CT molecular complexity index is 672. The molecule has 0 saturated carbocycles. The quantitative estimate of drug-likeness (QED) is 0.655. The summed E-state index contributed by atoms with van der Waals surface area (Å²) in [5, 5.41) is 24.7. The minimum Gasteiger partial charge on any atom is -0.490 e. The predicted molar refractivity (Wildman–Crippen MR) is 79.0 cm³/mol. The van der Waals surface area contributed by atoms with Gasteiger partial charge in [0.25, 0.3) is 0 Å². The van der Waals surface area contributed by atoms with Gasteiger partial charge in [-0.3, -0.25) is 14.8 Å². The first-order valence-corrected chi connectivity index (χ1v) is 6.95. The van der Waals surface area contributed by atoms with Crippen molar-refractivity contribution in [3.63, 3.8) is 0 Å². The number of nitro groups is 1. The first-order valence-electron chi connectivity index (χ1n) is 6.95. The lowest BCUT2D eigenvalue weighted by molar-refractivity contribution is -0.385. The van der Waals surface area contributed by atoms with Gasteiger partial charge in [-0.05, 0) is 12.1 Å². The Hall–Kier alpha value is -2.61. The van der Waals surface area contributed by atoms with Crippen LogP contribution in [0.1, 0.15) is 0 Å². The van der Waals surface area contributed by atoms with Crippen molar-refractivity contribution < 1.29 is 14.8 Å². The summed E-state index contributed by atoms with van der Waals surface area (Å²) in [4.78, 5) is 12.2. The number of benzene rings is 1. The van der Waals surface area contributed by atoms with Gasteiger partial charge in [0, 0.05) is 6.54 Å². The van der Waals surface area contributed by atoms with E-state index in [0.717, 1.165) is 11.4 Å². The largest absolute Gasteiger partial charge is 0.490 e. The molecule has 116 valence electrons. The maximum absolute atomic E-state index is 10.6. The fourth-order valence-corrected chi connectivity index (χ4v) is 2.49. The first kappa shape index (κ1) is 14.3. The Labute approximate surface area is 126 Å². The molecular weight excluding hydrogens is 288 g/mol. The molecule has 1 aliphatic heterocycles. The van der Waals surface area contributed by atoms with Gasteiger partial charge < -0.3 is 14.7 Å². The van der Waals surface area contributed by atoms with E-state index in [-0.39, 0.29) is 12.2 Å². The third kappa shape index (κ3) is 3.01. The van der Waals surface area contributed by atoms with Crippen LogP contribution in [0.2, 0.25) is 0 Å². The number of hydrogen-bond donors (Lipinski definition) is 1.